The molecule has 0 heterocycles. The maximum absolute atomic E-state index is 12.2. The Morgan fingerprint density at radius 1 is 1.30 bits per heavy atom. The summed E-state index contributed by atoms with van der Waals surface area (Å²) in [5, 5.41) is 8.59. The van der Waals surface area contributed by atoms with Gasteiger partial charge in [0.2, 0.25) is 0 Å². The maximum atomic E-state index is 12.2. The first-order chi connectivity index (χ1) is 9.16. The molecule has 1 N–H and O–H groups in total. The number of carboxylic acid groups (broad SMARTS) is 1. The van der Waals surface area contributed by atoms with Crippen LogP contribution in [-0.2, 0) is 9.84 Å². The van der Waals surface area contributed by atoms with Crippen LogP contribution in [0.4, 0.5) is 0 Å². The van der Waals surface area contributed by atoms with Crippen molar-refractivity contribution in [2.45, 2.75) is 11.3 Å². The molecule has 0 atom stereocenters. The summed E-state index contributed by atoms with van der Waals surface area (Å²) in [5.41, 5.74) is -0.387. The van der Waals surface area contributed by atoms with Crippen LogP contribution >= 0.6 is 23.2 Å². The molecule has 0 saturated carbocycles. The second kappa shape index (κ2) is 6.76. The van der Waals surface area contributed by atoms with Gasteiger partial charge in [-0.3, -0.25) is 0 Å². The van der Waals surface area contributed by atoms with Gasteiger partial charge in [-0.15, -0.1) is 0 Å². The van der Waals surface area contributed by atoms with E-state index < -0.39 is 15.8 Å². The molecule has 8 heteroatoms. The minimum Gasteiger partial charge on any atom is -0.478 e. The fourth-order valence-corrected chi connectivity index (χ4v) is 3.91. The summed E-state index contributed by atoms with van der Waals surface area (Å²) in [5.74, 6) is -1.46. The largest absolute Gasteiger partial charge is 0.478 e. The van der Waals surface area contributed by atoms with Gasteiger partial charge in [-0.2, -0.15) is 0 Å². The average Bonchev–Trinajstić information content (AvgIpc) is 2.26. The molecule has 0 bridgehead atoms. The van der Waals surface area contributed by atoms with Crippen molar-refractivity contribution in [1.82, 2.24) is 4.90 Å². The monoisotopic (exact) mass is 339 g/mol. The third-order valence-corrected chi connectivity index (χ3v) is 5.28. The van der Waals surface area contributed by atoms with Gasteiger partial charge in [0.25, 0.3) is 0 Å². The third-order valence-electron chi connectivity index (χ3n) is 2.62. The quantitative estimate of drug-likeness (QED) is 0.861. The van der Waals surface area contributed by atoms with Gasteiger partial charge in [-0.05, 0) is 39.2 Å². The molecule has 1 aromatic rings. The summed E-state index contributed by atoms with van der Waals surface area (Å²) in [4.78, 5) is 12.7. The number of sulfone groups is 1. The van der Waals surface area contributed by atoms with E-state index in [9.17, 15) is 13.2 Å². The Bertz CT molecular complexity index is 614. The van der Waals surface area contributed by atoms with Crippen LogP contribution < -0.4 is 0 Å². The molecule has 0 spiro atoms. The Hall–Kier alpha value is -0.820. The molecule has 0 aliphatic rings. The second-order valence-electron chi connectivity index (χ2n) is 4.52. The Labute approximate surface area is 128 Å². The summed E-state index contributed by atoms with van der Waals surface area (Å²) < 4.78 is 24.4. The minimum atomic E-state index is -3.64. The highest BCUT2D eigenvalue weighted by atomic mass is 35.5. The summed E-state index contributed by atoms with van der Waals surface area (Å²) >= 11 is 11.6. The molecule has 1 rings (SSSR count). The van der Waals surface area contributed by atoms with Crippen molar-refractivity contribution < 1.29 is 18.3 Å². The lowest BCUT2D eigenvalue weighted by atomic mass is 10.2. The standard InChI is InChI=1S/C12H15Cl2NO4S/c1-15(2)6-3-7-20(18,19)9-5-4-8(13)10(11(9)14)12(16)17/h4-5H,3,6-7H2,1-2H3,(H,16,17). The highest BCUT2D eigenvalue weighted by Gasteiger charge is 2.24. The van der Waals surface area contributed by atoms with Crippen molar-refractivity contribution in [2.75, 3.05) is 26.4 Å². The number of nitrogens with zero attached hydrogens (tertiary/aromatic N) is 1. The fraction of sp³-hybridized carbons (Fsp3) is 0.417. The number of benzene rings is 1. The van der Waals surface area contributed by atoms with Gasteiger partial charge in [-0.1, -0.05) is 23.2 Å². The number of carbonyl (C=O) groups is 1. The zero-order chi connectivity index (χ0) is 15.5. The van der Waals surface area contributed by atoms with Crippen LogP contribution in [0, 0.1) is 0 Å². The van der Waals surface area contributed by atoms with E-state index in [4.69, 9.17) is 28.3 Å². The number of hydrogen-bond donors (Lipinski definition) is 1. The van der Waals surface area contributed by atoms with E-state index in [-0.39, 0.29) is 26.3 Å². The van der Waals surface area contributed by atoms with Gasteiger partial charge >= 0.3 is 5.97 Å². The first kappa shape index (κ1) is 17.2. The molecular formula is C12H15Cl2NO4S. The van der Waals surface area contributed by atoms with Crippen molar-refractivity contribution in [2.24, 2.45) is 0 Å². The highest BCUT2D eigenvalue weighted by Crippen LogP contribution is 2.31. The van der Waals surface area contributed by atoms with E-state index >= 15 is 0 Å². The van der Waals surface area contributed by atoms with E-state index in [0.29, 0.717) is 13.0 Å². The molecule has 112 valence electrons. The van der Waals surface area contributed by atoms with E-state index in [1.54, 1.807) is 0 Å². The van der Waals surface area contributed by atoms with Gasteiger partial charge in [0.1, 0.15) is 0 Å². The van der Waals surface area contributed by atoms with Crippen molar-refractivity contribution in [1.29, 1.82) is 0 Å². The van der Waals surface area contributed by atoms with Crippen LogP contribution in [0.5, 0.6) is 0 Å². The lowest BCUT2D eigenvalue weighted by molar-refractivity contribution is 0.0697. The van der Waals surface area contributed by atoms with Crippen LogP contribution in [0.3, 0.4) is 0 Å². The Morgan fingerprint density at radius 3 is 2.40 bits per heavy atom. The predicted molar refractivity (Wildman–Crippen MR) is 78.6 cm³/mol. The molecule has 0 radical (unpaired) electrons. The fourth-order valence-electron chi connectivity index (χ4n) is 1.65. The lowest BCUT2D eigenvalue weighted by Gasteiger charge is -2.12. The Balaban J connectivity index is 3.13. The summed E-state index contributed by atoms with van der Waals surface area (Å²) in [6.45, 7) is 0.607. The molecule has 5 nitrogen and oxygen atoms in total. The van der Waals surface area contributed by atoms with E-state index in [1.165, 1.54) is 12.1 Å². The lowest BCUT2D eigenvalue weighted by Crippen LogP contribution is -2.18. The summed E-state index contributed by atoms with van der Waals surface area (Å²) in [7, 11) is 0.0355. The van der Waals surface area contributed by atoms with E-state index in [0.717, 1.165) is 0 Å². The minimum absolute atomic E-state index is 0.0882. The molecule has 0 unspecified atom stereocenters. The van der Waals surface area contributed by atoms with Crippen molar-refractivity contribution in [3.05, 3.63) is 27.7 Å². The van der Waals surface area contributed by atoms with E-state index in [1.807, 2.05) is 19.0 Å². The summed E-state index contributed by atoms with van der Waals surface area (Å²) in [6.07, 6.45) is 0.427. The zero-order valence-corrected chi connectivity index (χ0v) is 13.4. The van der Waals surface area contributed by atoms with Crippen LogP contribution in [0.15, 0.2) is 17.0 Å². The smallest absolute Gasteiger partial charge is 0.338 e. The molecule has 0 aliphatic carbocycles. The number of hydrogen-bond acceptors (Lipinski definition) is 4. The number of aromatic carboxylic acids is 1. The normalized spacial score (nSPS) is 11.8. The van der Waals surface area contributed by atoms with Gasteiger partial charge < -0.3 is 10.0 Å². The molecule has 1 aromatic carbocycles. The molecule has 0 aromatic heterocycles. The predicted octanol–water partition coefficient (Wildman–Crippen LogP) is 2.42. The van der Waals surface area contributed by atoms with Gasteiger partial charge in [0.15, 0.2) is 9.84 Å². The average molecular weight is 340 g/mol. The first-order valence-corrected chi connectivity index (χ1v) is 8.16. The van der Waals surface area contributed by atoms with Crippen molar-refractivity contribution in [3.8, 4) is 0 Å². The van der Waals surface area contributed by atoms with E-state index in [2.05, 4.69) is 0 Å². The Kier molecular flexibility index (Phi) is 5.82. The number of carboxylic acids is 1. The van der Waals surface area contributed by atoms with Crippen LogP contribution in [0.25, 0.3) is 0 Å². The SMILES string of the molecule is CN(C)CCCS(=O)(=O)c1ccc(Cl)c(C(=O)O)c1Cl. The number of halogens is 2. The topological polar surface area (TPSA) is 74.7 Å². The Morgan fingerprint density at radius 2 is 1.90 bits per heavy atom. The van der Waals surface area contributed by atoms with Crippen LogP contribution in [-0.4, -0.2) is 50.8 Å². The van der Waals surface area contributed by atoms with Gasteiger partial charge in [0, 0.05) is 0 Å². The highest BCUT2D eigenvalue weighted by molar-refractivity contribution is 7.91. The van der Waals surface area contributed by atoms with Crippen molar-refractivity contribution in [3.63, 3.8) is 0 Å². The molecule has 0 fully saturated rings. The maximum Gasteiger partial charge on any atom is 0.338 e. The molecule has 0 saturated heterocycles. The third kappa shape index (κ3) is 4.09. The molecular weight excluding hydrogens is 325 g/mol. The number of rotatable bonds is 6. The first-order valence-electron chi connectivity index (χ1n) is 5.75. The van der Waals surface area contributed by atoms with Gasteiger partial charge in [-0.25, -0.2) is 13.2 Å². The van der Waals surface area contributed by atoms with Crippen molar-refractivity contribution >= 4 is 39.0 Å². The second-order valence-corrected chi connectivity index (χ2v) is 7.38. The zero-order valence-electron chi connectivity index (χ0n) is 11.1. The molecule has 0 amide bonds. The molecule has 0 aliphatic heterocycles. The molecule has 20 heavy (non-hydrogen) atoms. The van der Waals surface area contributed by atoms with Crippen LogP contribution in [0.2, 0.25) is 10.0 Å². The summed E-state index contributed by atoms with van der Waals surface area (Å²) in [6, 6.07) is 2.47. The van der Waals surface area contributed by atoms with Crippen LogP contribution in [0.1, 0.15) is 16.8 Å². The van der Waals surface area contributed by atoms with Gasteiger partial charge in [0.05, 0.1) is 26.3 Å².